The molecule has 0 radical (unpaired) electrons. The molecule has 5 aromatic carbocycles. The Kier molecular flexibility index (Phi) is 5.38. The van der Waals surface area contributed by atoms with Crippen molar-refractivity contribution in [2.24, 2.45) is 0 Å². The standard InChI is InChI=1S/C40H26N4/c1-3-13-28(14-4-1)40(29-15-5-2-6-16-29)33-19-9-7-17-31(33)37-34(40)21-22-36-38(37)32-18-8-10-20-35(32)44(36)30-25-42-39(43-26-30)27-12-11-23-41-24-27/h1-26H. The molecule has 0 amide bonds. The highest BCUT2D eigenvalue weighted by Crippen LogP contribution is 2.58. The van der Waals surface area contributed by atoms with E-state index in [0.717, 1.165) is 22.3 Å². The molecule has 206 valence electrons. The Morgan fingerprint density at radius 3 is 1.93 bits per heavy atom. The number of aromatic nitrogens is 4. The summed E-state index contributed by atoms with van der Waals surface area (Å²) >= 11 is 0. The summed E-state index contributed by atoms with van der Waals surface area (Å²) in [4.78, 5) is 13.8. The predicted octanol–water partition coefficient (Wildman–Crippen LogP) is 9.00. The smallest absolute Gasteiger partial charge is 0.160 e. The van der Waals surface area contributed by atoms with E-state index in [-0.39, 0.29) is 0 Å². The minimum atomic E-state index is -0.444. The fourth-order valence-corrected chi connectivity index (χ4v) is 7.35. The van der Waals surface area contributed by atoms with Gasteiger partial charge in [-0.05, 0) is 57.6 Å². The van der Waals surface area contributed by atoms with E-state index < -0.39 is 5.41 Å². The molecule has 0 bridgehead atoms. The number of pyridine rings is 1. The van der Waals surface area contributed by atoms with Gasteiger partial charge in [0.05, 0.1) is 34.5 Å². The van der Waals surface area contributed by atoms with E-state index >= 15 is 0 Å². The number of nitrogens with zero attached hydrogens (tertiary/aromatic N) is 4. The molecule has 8 aromatic rings. The van der Waals surface area contributed by atoms with Crippen LogP contribution in [0.15, 0.2) is 158 Å². The Balaban J connectivity index is 1.38. The first-order valence-electron chi connectivity index (χ1n) is 14.9. The van der Waals surface area contributed by atoms with Crippen molar-refractivity contribution in [1.29, 1.82) is 0 Å². The van der Waals surface area contributed by atoms with Gasteiger partial charge in [-0.3, -0.25) is 4.98 Å². The second-order valence-electron chi connectivity index (χ2n) is 11.3. The number of hydrogen-bond donors (Lipinski definition) is 0. The molecule has 3 aromatic heterocycles. The normalized spacial score (nSPS) is 13.2. The van der Waals surface area contributed by atoms with E-state index in [4.69, 9.17) is 9.97 Å². The molecule has 0 fully saturated rings. The van der Waals surface area contributed by atoms with Gasteiger partial charge in [-0.25, -0.2) is 9.97 Å². The highest BCUT2D eigenvalue weighted by Gasteiger charge is 2.46. The van der Waals surface area contributed by atoms with Crippen LogP contribution in [-0.2, 0) is 5.41 Å². The first-order valence-corrected chi connectivity index (χ1v) is 14.9. The van der Waals surface area contributed by atoms with E-state index in [1.54, 1.807) is 12.4 Å². The van der Waals surface area contributed by atoms with Crippen molar-refractivity contribution in [3.05, 3.63) is 181 Å². The monoisotopic (exact) mass is 562 g/mol. The van der Waals surface area contributed by atoms with Crippen LogP contribution in [0.3, 0.4) is 0 Å². The minimum Gasteiger partial charge on any atom is -0.306 e. The first kappa shape index (κ1) is 24.7. The van der Waals surface area contributed by atoms with Crippen LogP contribution in [0.2, 0.25) is 0 Å². The van der Waals surface area contributed by atoms with Gasteiger partial charge >= 0.3 is 0 Å². The first-order chi connectivity index (χ1) is 21.9. The summed E-state index contributed by atoms with van der Waals surface area (Å²) in [6.45, 7) is 0. The van der Waals surface area contributed by atoms with Crippen LogP contribution >= 0.6 is 0 Å². The van der Waals surface area contributed by atoms with Crippen molar-refractivity contribution >= 4 is 21.8 Å². The molecule has 0 saturated heterocycles. The van der Waals surface area contributed by atoms with E-state index in [1.807, 2.05) is 24.5 Å². The van der Waals surface area contributed by atoms with E-state index in [9.17, 15) is 0 Å². The van der Waals surface area contributed by atoms with Crippen molar-refractivity contribution in [3.63, 3.8) is 0 Å². The number of para-hydroxylation sites is 1. The zero-order chi connectivity index (χ0) is 29.1. The molecular formula is C40H26N4. The predicted molar refractivity (Wildman–Crippen MR) is 177 cm³/mol. The molecule has 0 N–H and O–H groups in total. The van der Waals surface area contributed by atoms with Gasteiger partial charge in [-0.1, -0.05) is 109 Å². The maximum Gasteiger partial charge on any atom is 0.160 e. The van der Waals surface area contributed by atoms with Crippen molar-refractivity contribution in [2.45, 2.75) is 5.41 Å². The number of rotatable bonds is 4. The molecule has 0 saturated carbocycles. The Morgan fingerprint density at radius 1 is 0.523 bits per heavy atom. The topological polar surface area (TPSA) is 43.6 Å². The SMILES string of the molecule is c1ccc(C2(c3ccccc3)c3ccccc3-c3c2ccc2c3c3ccccc3n2-c2cnc(-c3cccnc3)nc2)cc1. The Bertz CT molecular complexity index is 2270. The zero-order valence-electron chi connectivity index (χ0n) is 23.8. The van der Waals surface area contributed by atoms with Gasteiger partial charge in [-0.2, -0.15) is 0 Å². The molecular weight excluding hydrogens is 536 g/mol. The van der Waals surface area contributed by atoms with Crippen LogP contribution in [0.25, 0.3) is 50.0 Å². The third-order valence-electron chi connectivity index (χ3n) is 9.07. The average Bonchev–Trinajstić information content (AvgIpc) is 3.60. The summed E-state index contributed by atoms with van der Waals surface area (Å²) in [6, 6.07) is 48.0. The molecule has 44 heavy (non-hydrogen) atoms. The van der Waals surface area contributed by atoms with Gasteiger partial charge in [0, 0.05) is 28.7 Å². The Labute approximate surface area is 255 Å². The van der Waals surface area contributed by atoms with Gasteiger partial charge in [0.25, 0.3) is 0 Å². The third kappa shape index (κ3) is 3.36. The van der Waals surface area contributed by atoms with Gasteiger partial charge in [0.2, 0.25) is 0 Å². The Morgan fingerprint density at radius 2 is 1.20 bits per heavy atom. The molecule has 0 unspecified atom stereocenters. The summed E-state index contributed by atoms with van der Waals surface area (Å²) in [5.74, 6) is 0.660. The summed E-state index contributed by atoms with van der Waals surface area (Å²) in [5, 5.41) is 2.46. The van der Waals surface area contributed by atoms with Crippen molar-refractivity contribution in [1.82, 2.24) is 19.5 Å². The molecule has 0 atom stereocenters. The van der Waals surface area contributed by atoms with Crippen LogP contribution < -0.4 is 0 Å². The van der Waals surface area contributed by atoms with E-state index in [1.165, 1.54) is 44.2 Å². The summed E-state index contributed by atoms with van der Waals surface area (Å²) < 4.78 is 2.30. The van der Waals surface area contributed by atoms with Crippen molar-refractivity contribution < 1.29 is 0 Å². The largest absolute Gasteiger partial charge is 0.306 e. The van der Waals surface area contributed by atoms with Gasteiger partial charge in [-0.15, -0.1) is 0 Å². The lowest BCUT2D eigenvalue weighted by molar-refractivity contribution is 0.769. The second kappa shape index (κ2) is 9.58. The maximum atomic E-state index is 4.76. The van der Waals surface area contributed by atoms with Crippen molar-refractivity contribution in [2.75, 3.05) is 0 Å². The third-order valence-corrected chi connectivity index (χ3v) is 9.07. The highest BCUT2D eigenvalue weighted by atomic mass is 15.0. The Hall–Kier alpha value is -5.87. The quantitative estimate of drug-likeness (QED) is 0.215. The molecule has 4 nitrogen and oxygen atoms in total. The number of benzene rings is 5. The summed E-state index contributed by atoms with van der Waals surface area (Å²) in [7, 11) is 0. The highest BCUT2D eigenvalue weighted by molar-refractivity contribution is 6.18. The second-order valence-corrected chi connectivity index (χ2v) is 11.3. The lowest BCUT2D eigenvalue weighted by atomic mass is 9.67. The zero-order valence-corrected chi connectivity index (χ0v) is 23.8. The van der Waals surface area contributed by atoms with Gasteiger partial charge in [0.1, 0.15) is 0 Å². The summed E-state index contributed by atoms with van der Waals surface area (Å²) in [6.07, 6.45) is 7.39. The maximum absolute atomic E-state index is 4.76. The molecule has 1 aliphatic carbocycles. The average molecular weight is 563 g/mol. The van der Waals surface area contributed by atoms with Crippen LogP contribution in [0.4, 0.5) is 0 Å². The molecule has 0 spiro atoms. The van der Waals surface area contributed by atoms with E-state index in [0.29, 0.717) is 5.82 Å². The molecule has 0 aliphatic heterocycles. The van der Waals surface area contributed by atoms with Crippen LogP contribution in [0, 0.1) is 0 Å². The van der Waals surface area contributed by atoms with Crippen molar-refractivity contribution in [3.8, 4) is 28.2 Å². The fourth-order valence-electron chi connectivity index (χ4n) is 7.35. The van der Waals surface area contributed by atoms with E-state index in [2.05, 4.69) is 131 Å². The minimum absolute atomic E-state index is 0.444. The van der Waals surface area contributed by atoms with Crippen LogP contribution in [0.5, 0.6) is 0 Å². The van der Waals surface area contributed by atoms with Gasteiger partial charge < -0.3 is 4.57 Å². The van der Waals surface area contributed by atoms with Crippen LogP contribution in [-0.4, -0.2) is 19.5 Å². The molecule has 9 rings (SSSR count). The number of hydrogen-bond acceptors (Lipinski definition) is 3. The van der Waals surface area contributed by atoms with Crippen LogP contribution in [0.1, 0.15) is 22.3 Å². The molecule has 4 heteroatoms. The summed E-state index contributed by atoms with van der Waals surface area (Å²) in [5.41, 5.74) is 11.3. The lowest BCUT2D eigenvalue weighted by Crippen LogP contribution is -2.28. The fraction of sp³-hybridized carbons (Fsp3) is 0.0250. The number of fused-ring (bicyclic) bond motifs is 7. The molecule has 3 heterocycles. The lowest BCUT2D eigenvalue weighted by Gasteiger charge is -2.33. The molecule has 1 aliphatic rings. The van der Waals surface area contributed by atoms with Gasteiger partial charge in [0.15, 0.2) is 5.82 Å².